The molecule has 0 aromatic heterocycles. The molecule has 0 fully saturated rings. The van der Waals surface area contributed by atoms with Gasteiger partial charge in [0.05, 0.1) is 11.8 Å². The summed E-state index contributed by atoms with van der Waals surface area (Å²) in [7, 11) is 0. The molecule has 0 saturated carbocycles. The van der Waals surface area contributed by atoms with Gasteiger partial charge in [-0.3, -0.25) is 9.59 Å². The van der Waals surface area contributed by atoms with Gasteiger partial charge >= 0.3 is 30.8 Å². The Morgan fingerprint density at radius 2 is 0.923 bits per heavy atom. The van der Waals surface area contributed by atoms with Gasteiger partial charge in [-0.15, -0.1) is 0 Å². The zero-order valence-corrected chi connectivity index (χ0v) is 7.87. The number of aliphatic carboxylic acids is 2. The maximum absolute atomic E-state index is 9.70. The molecule has 4 nitrogen and oxygen atoms in total. The van der Waals surface area contributed by atoms with Gasteiger partial charge in [-0.2, -0.15) is 0 Å². The van der Waals surface area contributed by atoms with Crippen LogP contribution in [0.1, 0.15) is 27.7 Å². The van der Waals surface area contributed by atoms with Gasteiger partial charge in [0.2, 0.25) is 0 Å². The fraction of sp³-hybridized carbons (Fsp3) is 0.750. The summed E-state index contributed by atoms with van der Waals surface area (Å²) in [5.41, 5.74) is 0. The van der Waals surface area contributed by atoms with Crippen molar-refractivity contribution in [2.45, 2.75) is 27.7 Å². The first-order valence-electron chi connectivity index (χ1n) is 3.74. The van der Waals surface area contributed by atoms with Gasteiger partial charge in [-0.1, -0.05) is 27.7 Å². The normalized spacial score (nSPS) is 8.46. The molecule has 0 aromatic rings. The quantitative estimate of drug-likeness (QED) is 0.622. The van der Waals surface area contributed by atoms with E-state index in [4.69, 9.17) is 10.2 Å². The van der Waals surface area contributed by atoms with E-state index in [0.717, 1.165) is 0 Å². The second-order valence-electron chi connectivity index (χ2n) is 2.99. The topological polar surface area (TPSA) is 74.6 Å². The van der Waals surface area contributed by atoms with Crippen molar-refractivity contribution in [3.05, 3.63) is 0 Å². The number of hydrogen-bond donors (Lipinski definition) is 2. The van der Waals surface area contributed by atoms with Crippen molar-refractivity contribution in [2.75, 3.05) is 0 Å². The van der Waals surface area contributed by atoms with Crippen LogP contribution in [-0.4, -0.2) is 41.0 Å². The van der Waals surface area contributed by atoms with E-state index >= 15 is 0 Å². The van der Waals surface area contributed by atoms with E-state index < -0.39 is 11.9 Å². The Morgan fingerprint density at radius 3 is 0.923 bits per heavy atom. The molecule has 0 radical (unpaired) electrons. The Balaban J connectivity index is -0.000000143. The van der Waals surface area contributed by atoms with Crippen LogP contribution >= 0.6 is 0 Å². The van der Waals surface area contributed by atoms with Crippen molar-refractivity contribution in [1.29, 1.82) is 0 Å². The number of carboxylic acids is 2. The molecule has 2 N–H and O–H groups in total. The van der Waals surface area contributed by atoms with E-state index in [0.29, 0.717) is 0 Å². The Kier molecular flexibility index (Phi) is 13.6. The second kappa shape index (κ2) is 9.62. The van der Waals surface area contributed by atoms with Gasteiger partial charge in [0, 0.05) is 0 Å². The predicted molar refractivity (Wildman–Crippen MR) is 52.1 cm³/mol. The van der Waals surface area contributed by atoms with Crippen LogP contribution in [0.5, 0.6) is 0 Å². The molecule has 0 atom stereocenters. The van der Waals surface area contributed by atoms with E-state index in [9.17, 15) is 9.59 Å². The minimum absolute atomic E-state index is 0. The van der Waals surface area contributed by atoms with Gasteiger partial charge in [-0.05, 0) is 0 Å². The Hall–Kier alpha value is -0.463. The van der Waals surface area contributed by atoms with E-state index in [1.807, 2.05) is 0 Å². The molecule has 0 unspecified atom stereocenters. The van der Waals surface area contributed by atoms with Crippen LogP contribution in [0, 0.1) is 11.8 Å². The molecule has 74 valence electrons. The summed E-state index contributed by atoms with van der Waals surface area (Å²) >= 11 is 0. The molecule has 0 heterocycles. The first kappa shape index (κ1) is 18.3. The summed E-state index contributed by atoms with van der Waals surface area (Å²) in [4.78, 5) is 19.4. The third kappa shape index (κ3) is 18.5. The summed E-state index contributed by atoms with van der Waals surface area (Å²) in [5, 5.41) is 16.0. The standard InChI is InChI=1S/2C4H8O2.Li.H/c2*1-3(2)4(5)6;;/h2*3H,1-2H3,(H,5,6);;. The third-order valence-corrected chi connectivity index (χ3v) is 0.988. The first-order chi connectivity index (χ1) is 5.29. The number of rotatable bonds is 2. The van der Waals surface area contributed by atoms with Gasteiger partial charge in [0.25, 0.3) is 0 Å². The van der Waals surface area contributed by atoms with Gasteiger partial charge in [-0.25, -0.2) is 0 Å². The molecule has 0 aliphatic carbocycles. The number of hydrogen-bond acceptors (Lipinski definition) is 2. The summed E-state index contributed by atoms with van der Waals surface area (Å²) in [6.45, 7) is 6.56. The van der Waals surface area contributed by atoms with Crippen molar-refractivity contribution in [2.24, 2.45) is 11.8 Å². The fourth-order valence-electron chi connectivity index (χ4n) is 0. The molecule has 0 saturated heterocycles. The maximum atomic E-state index is 9.70. The molecule has 13 heavy (non-hydrogen) atoms. The number of carbonyl (C=O) groups is 2. The zero-order chi connectivity index (χ0) is 10.3. The minimum atomic E-state index is -0.741. The van der Waals surface area contributed by atoms with E-state index in [1.165, 1.54) is 0 Å². The van der Waals surface area contributed by atoms with Crippen LogP contribution in [0.15, 0.2) is 0 Å². The Labute approximate surface area is 90.5 Å². The predicted octanol–water partition coefficient (Wildman–Crippen LogP) is 0.805. The van der Waals surface area contributed by atoms with Gasteiger partial charge < -0.3 is 10.2 Å². The van der Waals surface area contributed by atoms with Crippen molar-refractivity contribution < 1.29 is 19.8 Å². The van der Waals surface area contributed by atoms with Crippen LogP contribution < -0.4 is 0 Å². The van der Waals surface area contributed by atoms with Crippen LogP contribution in [-0.2, 0) is 9.59 Å². The molecule has 0 bridgehead atoms. The summed E-state index contributed by atoms with van der Waals surface area (Å²) in [5.74, 6) is -1.94. The average Bonchev–Trinajstić information content (AvgIpc) is 1.88. The molecule has 0 rings (SSSR count). The Bertz CT molecular complexity index is 136. The van der Waals surface area contributed by atoms with Crippen molar-refractivity contribution in [1.82, 2.24) is 0 Å². The average molecular weight is 184 g/mol. The van der Waals surface area contributed by atoms with Gasteiger partial charge in [0.1, 0.15) is 0 Å². The summed E-state index contributed by atoms with van der Waals surface area (Å²) in [6, 6.07) is 0. The van der Waals surface area contributed by atoms with E-state index in [2.05, 4.69) is 0 Å². The molecule has 0 aliphatic rings. The van der Waals surface area contributed by atoms with Crippen molar-refractivity contribution in [3.63, 3.8) is 0 Å². The van der Waals surface area contributed by atoms with E-state index in [-0.39, 0.29) is 30.7 Å². The van der Waals surface area contributed by atoms with Crippen LogP contribution in [0.3, 0.4) is 0 Å². The summed E-state index contributed by atoms with van der Waals surface area (Å²) < 4.78 is 0. The molecule has 0 spiro atoms. The molecule has 0 aromatic carbocycles. The van der Waals surface area contributed by atoms with E-state index in [1.54, 1.807) is 27.7 Å². The molecule has 5 heteroatoms. The van der Waals surface area contributed by atoms with Crippen LogP contribution in [0.2, 0.25) is 0 Å². The fourth-order valence-corrected chi connectivity index (χ4v) is 0. The molecular weight excluding hydrogens is 167 g/mol. The van der Waals surface area contributed by atoms with Crippen molar-refractivity contribution >= 4 is 30.8 Å². The first-order valence-corrected chi connectivity index (χ1v) is 3.74. The summed E-state index contributed by atoms with van der Waals surface area (Å²) in [6.07, 6.45) is 0. The second-order valence-corrected chi connectivity index (χ2v) is 2.99. The van der Waals surface area contributed by atoms with Crippen LogP contribution in [0.4, 0.5) is 0 Å². The molecular formula is C8H17LiO4. The Morgan fingerprint density at radius 1 is 0.846 bits per heavy atom. The number of carboxylic acid groups (broad SMARTS) is 2. The SMILES string of the molecule is CC(C)C(=O)O.CC(C)C(=O)O.[LiH]. The zero-order valence-electron chi connectivity index (χ0n) is 7.87. The monoisotopic (exact) mass is 184 g/mol. The van der Waals surface area contributed by atoms with Gasteiger partial charge in [0.15, 0.2) is 0 Å². The third-order valence-electron chi connectivity index (χ3n) is 0.988. The molecule has 0 amide bonds. The van der Waals surface area contributed by atoms with Crippen LogP contribution in [0.25, 0.3) is 0 Å². The van der Waals surface area contributed by atoms with Crippen molar-refractivity contribution in [3.8, 4) is 0 Å². The molecule has 0 aliphatic heterocycles.